The zero-order valence-electron chi connectivity index (χ0n) is 9.10. The summed E-state index contributed by atoms with van der Waals surface area (Å²) < 4.78 is 7.08. The van der Waals surface area contributed by atoms with Gasteiger partial charge in [-0.1, -0.05) is 0 Å². The molecule has 0 unspecified atom stereocenters. The molecule has 2 rings (SSSR count). The van der Waals surface area contributed by atoms with Gasteiger partial charge in [0.05, 0.1) is 24.1 Å². The van der Waals surface area contributed by atoms with Gasteiger partial charge in [0, 0.05) is 5.69 Å². The van der Waals surface area contributed by atoms with Gasteiger partial charge in [0.25, 0.3) is 0 Å². The maximum absolute atomic E-state index is 10.7. The van der Waals surface area contributed by atoms with E-state index in [0.717, 1.165) is 11.4 Å². The van der Waals surface area contributed by atoms with Crippen LogP contribution in [0, 0.1) is 13.8 Å². The summed E-state index contributed by atoms with van der Waals surface area (Å²) >= 11 is 0. The summed E-state index contributed by atoms with van der Waals surface area (Å²) in [7, 11) is 0. The van der Waals surface area contributed by atoms with Crippen molar-refractivity contribution in [3.05, 3.63) is 41.4 Å². The fourth-order valence-corrected chi connectivity index (χ4v) is 1.45. The van der Waals surface area contributed by atoms with Gasteiger partial charge in [0.15, 0.2) is 0 Å². The van der Waals surface area contributed by atoms with Gasteiger partial charge in [-0.25, -0.2) is 9.78 Å². The third-order valence-corrected chi connectivity index (χ3v) is 2.57. The minimum absolute atomic E-state index is 0.171. The van der Waals surface area contributed by atoms with Gasteiger partial charge >= 0.3 is 5.97 Å². The van der Waals surface area contributed by atoms with Gasteiger partial charge in [-0.2, -0.15) is 0 Å². The largest absolute Gasteiger partial charge is 0.478 e. The predicted octanol–water partition coefficient (Wildman–Crippen LogP) is 1.84. The first-order valence-electron chi connectivity index (χ1n) is 4.87. The zero-order chi connectivity index (χ0) is 11.7. The van der Waals surface area contributed by atoms with Gasteiger partial charge in [-0.3, -0.25) is 0 Å². The van der Waals surface area contributed by atoms with E-state index in [-0.39, 0.29) is 5.56 Å². The number of aromatic nitrogens is 2. The van der Waals surface area contributed by atoms with E-state index in [4.69, 9.17) is 9.52 Å². The highest BCUT2D eigenvalue weighted by atomic mass is 16.4. The molecule has 16 heavy (non-hydrogen) atoms. The lowest BCUT2D eigenvalue weighted by Crippen LogP contribution is -1.99. The van der Waals surface area contributed by atoms with Gasteiger partial charge in [-0.05, 0) is 19.9 Å². The standard InChI is InChI=1S/C11H12N2O3/c1-7-8(2)13(6-12-7)4-10-3-9(5-16-10)11(14)15/h3,5-6H,4H2,1-2H3,(H,14,15). The van der Waals surface area contributed by atoms with E-state index in [9.17, 15) is 4.79 Å². The molecule has 84 valence electrons. The van der Waals surface area contributed by atoms with Gasteiger partial charge in [0.2, 0.25) is 0 Å². The summed E-state index contributed by atoms with van der Waals surface area (Å²) in [5.74, 6) is -0.369. The lowest BCUT2D eigenvalue weighted by molar-refractivity contribution is 0.0696. The average molecular weight is 220 g/mol. The van der Waals surface area contributed by atoms with Crippen LogP contribution in [0.15, 0.2) is 23.1 Å². The van der Waals surface area contributed by atoms with Crippen LogP contribution in [0.3, 0.4) is 0 Å². The van der Waals surface area contributed by atoms with Crippen molar-refractivity contribution in [2.75, 3.05) is 0 Å². The van der Waals surface area contributed by atoms with Crippen LogP contribution >= 0.6 is 0 Å². The lowest BCUT2D eigenvalue weighted by Gasteiger charge is -2.01. The summed E-state index contributed by atoms with van der Waals surface area (Å²) in [4.78, 5) is 14.8. The molecule has 5 heteroatoms. The van der Waals surface area contributed by atoms with Crippen LogP contribution in [0.5, 0.6) is 0 Å². The Balaban J connectivity index is 2.21. The molecule has 2 aromatic rings. The molecule has 0 saturated heterocycles. The molecule has 0 fully saturated rings. The first-order valence-corrected chi connectivity index (χ1v) is 4.87. The molecule has 0 amide bonds. The molecule has 2 heterocycles. The second-order valence-electron chi connectivity index (χ2n) is 3.65. The highest BCUT2D eigenvalue weighted by Gasteiger charge is 2.10. The van der Waals surface area contributed by atoms with E-state index >= 15 is 0 Å². The first-order chi connectivity index (χ1) is 7.58. The van der Waals surface area contributed by atoms with E-state index in [1.54, 1.807) is 6.33 Å². The Morgan fingerprint density at radius 3 is 2.81 bits per heavy atom. The number of aromatic carboxylic acids is 1. The second-order valence-corrected chi connectivity index (χ2v) is 3.65. The first kappa shape index (κ1) is 10.5. The maximum atomic E-state index is 10.7. The number of carboxylic acid groups (broad SMARTS) is 1. The van der Waals surface area contributed by atoms with Crippen molar-refractivity contribution < 1.29 is 14.3 Å². The van der Waals surface area contributed by atoms with Crippen LogP contribution in [0.1, 0.15) is 27.5 Å². The summed E-state index contributed by atoms with van der Waals surface area (Å²) in [5, 5.41) is 8.74. The number of nitrogens with zero attached hydrogens (tertiary/aromatic N) is 2. The molecule has 0 aliphatic carbocycles. The van der Waals surface area contributed by atoms with Crippen molar-refractivity contribution >= 4 is 5.97 Å². The maximum Gasteiger partial charge on any atom is 0.338 e. The molecule has 0 spiro atoms. The Morgan fingerprint density at radius 1 is 1.56 bits per heavy atom. The average Bonchev–Trinajstić information content (AvgIpc) is 2.81. The van der Waals surface area contributed by atoms with E-state index < -0.39 is 5.97 Å². The quantitative estimate of drug-likeness (QED) is 0.856. The van der Waals surface area contributed by atoms with Crippen molar-refractivity contribution in [3.63, 3.8) is 0 Å². The minimum Gasteiger partial charge on any atom is -0.478 e. The third kappa shape index (κ3) is 1.84. The smallest absolute Gasteiger partial charge is 0.338 e. The molecule has 0 aliphatic heterocycles. The molecule has 1 N–H and O–H groups in total. The number of hydrogen-bond acceptors (Lipinski definition) is 3. The Hall–Kier alpha value is -2.04. The van der Waals surface area contributed by atoms with Crippen LogP contribution in [0.4, 0.5) is 0 Å². The summed E-state index contributed by atoms with van der Waals surface area (Å²) in [6.07, 6.45) is 2.96. The zero-order valence-corrected chi connectivity index (χ0v) is 9.10. The summed E-state index contributed by atoms with van der Waals surface area (Å²) in [5.41, 5.74) is 2.18. The normalized spacial score (nSPS) is 10.6. The summed E-state index contributed by atoms with van der Waals surface area (Å²) in [6, 6.07) is 1.52. The Kier molecular flexibility index (Phi) is 2.52. The SMILES string of the molecule is Cc1ncn(Cc2cc(C(=O)O)co2)c1C. The second kappa shape index (κ2) is 3.84. The van der Waals surface area contributed by atoms with Crippen LogP contribution < -0.4 is 0 Å². The van der Waals surface area contributed by atoms with Crippen molar-refractivity contribution in [1.82, 2.24) is 9.55 Å². The van der Waals surface area contributed by atoms with Gasteiger partial charge in [0.1, 0.15) is 12.0 Å². The Labute approximate surface area is 92.3 Å². The van der Waals surface area contributed by atoms with E-state index in [2.05, 4.69) is 4.98 Å². The van der Waals surface area contributed by atoms with Crippen molar-refractivity contribution in [1.29, 1.82) is 0 Å². The molecular weight excluding hydrogens is 208 g/mol. The third-order valence-electron chi connectivity index (χ3n) is 2.57. The van der Waals surface area contributed by atoms with Crippen molar-refractivity contribution in [2.45, 2.75) is 20.4 Å². The highest BCUT2D eigenvalue weighted by molar-refractivity contribution is 5.87. The molecule has 2 aromatic heterocycles. The van der Waals surface area contributed by atoms with Gasteiger partial charge in [-0.15, -0.1) is 0 Å². The predicted molar refractivity (Wildman–Crippen MR) is 56.5 cm³/mol. The highest BCUT2D eigenvalue weighted by Crippen LogP contribution is 2.12. The van der Waals surface area contributed by atoms with Crippen molar-refractivity contribution in [3.8, 4) is 0 Å². The van der Waals surface area contributed by atoms with Crippen molar-refractivity contribution in [2.24, 2.45) is 0 Å². The number of furan rings is 1. The van der Waals surface area contributed by atoms with Crippen LogP contribution in [0.2, 0.25) is 0 Å². The molecule has 5 nitrogen and oxygen atoms in total. The van der Waals surface area contributed by atoms with E-state index in [1.165, 1.54) is 12.3 Å². The monoisotopic (exact) mass is 220 g/mol. The minimum atomic E-state index is -0.978. The molecule has 0 aliphatic rings. The molecule has 0 bridgehead atoms. The van der Waals surface area contributed by atoms with Crippen LogP contribution in [0.25, 0.3) is 0 Å². The Bertz CT molecular complexity index is 525. The number of carbonyl (C=O) groups is 1. The van der Waals surface area contributed by atoms with Crippen LogP contribution in [-0.4, -0.2) is 20.6 Å². The lowest BCUT2D eigenvalue weighted by atomic mass is 10.3. The van der Waals surface area contributed by atoms with Crippen LogP contribution in [-0.2, 0) is 6.54 Å². The molecule has 0 saturated carbocycles. The molecule has 0 aromatic carbocycles. The fraction of sp³-hybridized carbons (Fsp3) is 0.273. The number of hydrogen-bond donors (Lipinski definition) is 1. The van der Waals surface area contributed by atoms with E-state index in [1.807, 2.05) is 18.4 Å². The molecule has 0 radical (unpaired) electrons. The molecular formula is C11H12N2O3. The van der Waals surface area contributed by atoms with E-state index in [0.29, 0.717) is 12.3 Å². The number of imidazole rings is 1. The summed E-state index contributed by atoms with van der Waals surface area (Å²) in [6.45, 7) is 4.39. The Morgan fingerprint density at radius 2 is 2.31 bits per heavy atom. The van der Waals surface area contributed by atoms with Gasteiger partial charge < -0.3 is 14.1 Å². The number of rotatable bonds is 3. The number of carboxylic acids is 1. The fourth-order valence-electron chi connectivity index (χ4n) is 1.45. The topological polar surface area (TPSA) is 68.3 Å². The number of aryl methyl sites for hydroxylation is 1. The molecule has 0 atom stereocenters.